The predicted molar refractivity (Wildman–Crippen MR) is 59.4 cm³/mol. The van der Waals surface area contributed by atoms with Gasteiger partial charge in [-0.1, -0.05) is 0 Å². The molecule has 17 heavy (non-hydrogen) atoms. The smallest absolute Gasteiger partial charge is 0.305 e. The molecule has 88 valence electrons. The average Bonchev–Trinajstić information content (AvgIpc) is 2.76. The first-order chi connectivity index (χ1) is 8.22. The maximum Gasteiger partial charge on any atom is 0.305 e. The topological polar surface area (TPSA) is 90.1 Å². The van der Waals surface area contributed by atoms with Crippen LogP contribution in [0.3, 0.4) is 0 Å². The third-order valence-electron chi connectivity index (χ3n) is 2.88. The van der Waals surface area contributed by atoms with Crippen molar-refractivity contribution in [3.8, 4) is 6.07 Å². The Morgan fingerprint density at radius 3 is 3.24 bits per heavy atom. The number of hydrogen-bond donors (Lipinski definition) is 1. The predicted octanol–water partition coefficient (Wildman–Crippen LogP) is 0.792. The molecule has 0 bridgehead atoms. The molecule has 2 rings (SSSR count). The van der Waals surface area contributed by atoms with Crippen LogP contribution in [0.25, 0.3) is 0 Å². The van der Waals surface area contributed by atoms with E-state index in [1.54, 1.807) is 6.07 Å². The fourth-order valence-corrected chi connectivity index (χ4v) is 2.15. The van der Waals surface area contributed by atoms with E-state index >= 15 is 0 Å². The van der Waals surface area contributed by atoms with E-state index in [1.165, 1.54) is 6.20 Å². The molecule has 1 aromatic heterocycles. The number of rotatable bonds is 3. The van der Waals surface area contributed by atoms with Crippen LogP contribution < -0.4 is 4.90 Å². The number of nitriles is 1. The van der Waals surface area contributed by atoms with Crippen molar-refractivity contribution in [3.63, 3.8) is 0 Å². The minimum absolute atomic E-state index is 0.0709. The number of aliphatic carboxylic acids is 1. The van der Waals surface area contributed by atoms with Gasteiger partial charge in [0.2, 0.25) is 0 Å². The Morgan fingerprint density at radius 1 is 1.71 bits per heavy atom. The van der Waals surface area contributed by atoms with Crippen molar-refractivity contribution in [2.45, 2.75) is 25.3 Å². The molecule has 0 radical (unpaired) electrons. The highest BCUT2D eigenvalue weighted by molar-refractivity contribution is 5.69. The van der Waals surface area contributed by atoms with Crippen LogP contribution in [0.2, 0.25) is 0 Å². The SMILES string of the molecule is N#Cc1ccnnc1N1CCCC1CC(=O)O. The third kappa shape index (κ3) is 2.33. The summed E-state index contributed by atoms with van der Waals surface area (Å²) in [6.45, 7) is 0.728. The Balaban J connectivity index is 2.26. The van der Waals surface area contributed by atoms with Crippen molar-refractivity contribution in [1.29, 1.82) is 5.26 Å². The van der Waals surface area contributed by atoms with Gasteiger partial charge in [0.1, 0.15) is 6.07 Å². The Bertz CT molecular complexity index is 469. The highest BCUT2D eigenvalue weighted by Crippen LogP contribution is 2.27. The van der Waals surface area contributed by atoms with Crippen LogP contribution in [-0.2, 0) is 4.79 Å². The summed E-state index contributed by atoms with van der Waals surface area (Å²) in [6, 6.07) is 3.56. The van der Waals surface area contributed by atoms with Crippen LogP contribution >= 0.6 is 0 Å². The van der Waals surface area contributed by atoms with Crippen molar-refractivity contribution < 1.29 is 9.90 Å². The number of hydrogen-bond acceptors (Lipinski definition) is 5. The zero-order valence-corrected chi connectivity index (χ0v) is 9.20. The van der Waals surface area contributed by atoms with Crippen molar-refractivity contribution >= 4 is 11.8 Å². The molecule has 0 spiro atoms. The summed E-state index contributed by atoms with van der Waals surface area (Å²) in [5.74, 6) is -0.331. The van der Waals surface area contributed by atoms with Crippen molar-refractivity contribution in [2.24, 2.45) is 0 Å². The molecule has 0 saturated carbocycles. The molecule has 1 aliphatic rings. The minimum atomic E-state index is -0.829. The first-order valence-corrected chi connectivity index (χ1v) is 5.42. The van der Waals surface area contributed by atoms with Crippen LogP contribution in [0.4, 0.5) is 5.82 Å². The lowest BCUT2D eigenvalue weighted by Gasteiger charge is -2.24. The minimum Gasteiger partial charge on any atom is -0.481 e. The van der Waals surface area contributed by atoms with E-state index in [0.29, 0.717) is 11.4 Å². The number of aromatic nitrogens is 2. The molecule has 1 atom stereocenters. The Hall–Kier alpha value is -2.16. The summed E-state index contributed by atoms with van der Waals surface area (Å²) in [5, 5.41) is 25.5. The molecule has 0 aliphatic carbocycles. The lowest BCUT2D eigenvalue weighted by Crippen LogP contribution is -2.32. The van der Waals surface area contributed by atoms with Gasteiger partial charge < -0.3 is 10.0 Å². The van der Waals surface area contributed by atoms with Gasteiger partial charge in [-0.2, -0.15) is 10.4 Å². The average molecular weight is 232 g/mol. The Labute approximate surface area is 98.5 Å². The lowest BCUT2D eigenvalue weighted by atomic mass is 10.1. The van der Waals surface area contributed by atoms with Crippen LogP contribution in [0.15, 0.2) is 12.3 Å². The molecule has 1 saturated heterocycles. The molecule has 0 aromatic carbocycles. The lowest BCUT2D eigenvalue weighted by molar-refractivity contribution is -0.137. The normalized spacial score (nSPS) is 19.0. The Kier molecular flexibility index (Phi) is 3.19. The zero-order valence-electron chi connectivity index (χ0n) is 9.20. The quantitative estimate of drug-likeness (QED) is 0.828. The largest absolute Gasteiger partial charge is 0.481 e. The van der Waals surface area contributed by atoms with Gasteiger partial charge in [0, 0.05) is 12.6 Å². The van der Waals surface area contributed by atoms with E-state index in [9.17, 15) is 4.79 Å². The van der Waals surface area contributed by atoms with Gasteiger partial charge >= 0.3 is 5.97 Å². The second-order valence-electron chi connectivity index (χ2n) is 3.97. The molecule has 6 heteroatoms. The maximum absolute atomic E-state index is 10.8. The molecule has 6 nitrogen and oxygen atoms in total. The first kappa shape index (κ1) is 11.3. The molecular weight excluding hydrogens is 220 g/mol. The highest BCUT2D eigenvalue weighted by atomic mass is 16.4. The van der Waals surface area contributed by atoms with Crippen LogP contribution in [0.1, 0.15) is 24.8 Å². The maximum atomic E-state index is 10.8. The van der Waals surface area contributed by atoms with Gasteiger partial charge in [-0.05, 0) is 18.9 Å². The first-order valence-electron chi connectivity index (χ1n) is 5.42. The number of nitrogens with zero attached hydrogens (tertiary/aromatic N) is 4. The molecule has 1 fully saturated rings. The number of anilines is 1. The number of carboxylic acid groups (broad SMARTS) is 1. The summed E-state index contributed by atoms with van der Waals surface area (Å²) in [6.07, 6.45) is 3.26. The highest BCUT2D eigenvalue weighted by Gasteiger charge is 2.29. The van der Waals surface area contributed by atoms with E-state index in [1.807, 2.05) is 4.90 Å². The fraction of sp³-hybridized carbons (Fsp3) is 0.455. The molecule has 1 aromatic rings. The molecule has 1 aliphatic heterocycles. The van der Waals surface area contributed by atoms with Crippen molar-refractivity contribution in [1.82, 2.24) is 10.2 Å². The van der Waals surface area contributed by atoms with Gasteiger partial charge in [-0.25, -0.2) is 0 Å². The summed E-state index contributed by atoms with van der Waals surface area (Å²) in [5.41, 5.74) is 0.442. The van der Waals surface area contributed by atoms with E-state index < -0.39 is 5.97 Å². The van der Waals surface area contributed by atoms with Crippen LogP contribution in [-0.4, -0.2) is 33.9 Å². The summed E-state index contributed by atoms with van der Waals surface area (Å²) in [7, 11) is 0. The van der Waals surface area contributed by atoms with Crippen molar-refractivity contribution in [3.05, 3.63) is 17.8 Å². The third-order valence-corrected chi connectivity index (χ3v) is 2.88. The fourth-order valence-electron chi connectivity index (χ4n) is 2.15. The molecule has 2 heterocycles. The number of carbonyl (C=O) groups is 1. The zero-order chi connectivity index (χ0) is 12.3. The summed E-state index contributed by atoms with van der Waals surface area (Å²) < 4.78 is 0. The van der Waals surface area contributed by atoms with E-state index in [-0.39, 0.29) is 12.5 Å². The van der Waals surface area contributed by atoms with Gasteiger partial charge in [0.15, 0.2) is 5.82 Å². The van der Waals surface area contributed by atoms with Crippen LogP contribution in [0.5, 0.6) is 0 Å². The second kappa shape index (κ2) is 4.78. The Morgan fingerprint density at radius 2 is 2.53 bits per heavy atom. The monoisotopic (exact) mass is 232 g/mol. The standard InChI is InChI=1S/C11H12N4O2/c12-7-8-3-4-13-14-11(8)15-5-1-2-9(15)6-10(16)17/h3-4,9H,1-2,5-6H2,(H,16,17). The molecule has 1 N–H and O–H groups in total. The van der Waals surface area contributed by atoms with Gasteiger partial charge in [-0.15, -0.1) is 5.10 Å². The van der Waals surface area contributed by atoms with Crippen LogP contribution in [0, 0.1) is 11.3 Å². The molecule has 1 unspecified atom stereocenters. The van der Waals surface area contributed by atoms with E-state index in [2.05, 4.69) is 16.3 Å². The number of carboxylic acids is 1. The van der Waals surface area contributed by atoms with E-state index in [0.717, 1.165) is 19.4 Å². The molecular formula is C11H12N4O2. The molecule has 0 amide bonds. The second-order valence-corrected chi connectivity index (χ2v) is 3.97. The van der Waals surface area contributed by atoms with Gasteiger partial charge in [0.05, 0.1) is 18.2 Å². The summed E-state index contributed by atoms with van der Waals surface area (Å²) >= 11 is 0. The van der Waals surface area contributed by atoms with Gasteiger partial charge in [-0.3, -0.25) is 4.79 Å². The van der Waals surface area contributed by atoms with E-state index in [4.69, 9.17) is 10.4 Å². The summed E-state index contributed by atoms with van der Waals surface area (Å²) in [4.78, 5) is 12.6. The van der Waals surface area contributed by atoms with Crippen molar-refractivity contribution in [2.75, 3.05) is 11.4 Å². The van der Waals surface area contributed by atoms with Gasteiger partial charge in [0.25, 0.3) is 0 Å².